The highest BCUT2D eigenvalue weighted by molar-refractivity contribution is 5.82. The van der Waals surface area contributed by atoms with Crippen molar-refractivity contribution in [2.24, 2.45) is 0 Å². The van der Waals surface area contributed by atoms with Crippen LogP contribution in [0, 0.1) is 0 Å². The summed E-state index contributed by atoms with van der Waals surface area (Å²) in [6, 6.07) is 1.84. The zero-order chi connectivity index (χ0) is 12.1. The lowest BCUT2D eigenvalue weighted by molar-refractivity contribution is -0.151. The van der Waals surface area contributed by atoms with E-state index >= 15 is 0 Å². The molecule has 1 aliphatic rings. The molecule has 17 heavy (non-hydrogen) atoms. The lowest BCUT2D eigenvalue weighted by Gasteiger charge is -2.34. The summed E-state index contributed by atoms with van der Waals surface area (Å²) in [5.74, 6) is -0.126. The molecule has 0 spiro atoms. The van der Waals surface area contributed by atoms with E-state index in [4.69, 9.17) is 4.74 Å². The number of carbonyl (C=O) groups is 1. The molecule has 0 atom stereocenters. The van der Waals surface area contributed by atoms with Crippen molar-refractivity contribution in [1.29, 1.82) is 0 Å². The van der Waals surface area contributed by atoms with Crippen molar-refractivity contribution < 1.29 is 9.53 Å². The number of hydrogen-bond acceptors (Lipinski definition) is 4. The van der Waals surface area contributed by atoms with Crippen molar-refractivity contribution in [3.63, 3.8) is 0 Å². The molecule has 0 bridgehead atoms. The minimum Gasteiger partial charge on any atom is -0.465 e. The van der Waals surface area contributed by atoms with E-state index < -0.39 is 5.41 Å². The van der Waals surface area contributed by atoms with Crippen LogP contribution in [0.25, 0.3) is 0 Å². The number of carbonyl (C=O) groups excluding carboxylic acids is 1. The summed E-state index contributed by atoms with van der Waals surface area (Å²) < 4.78 is 5.24. The molecule has 92 valence electrons. The van der Waals surface area contributed by atoms with Gasteiger partial charge in [-0.25, -0.2) is 9.97 Å². The van der Waals surface area contributed by atoms with Gasteiger partial charge in [0.15, 0.2) is 0 Å². The van der Waals surface area contributed by atoms with E-state index in [1.807, 2.05) is 13.0 Å². The molecule has 4 heteroatoms. The lowest BCUT2D eigenvalue weighted by atomic mass is 9.71. The van der Waals surface area contributed by atoms with Crippen LogP contribution in [0.1, 0.15) is 44.7 Å². The van der Waals surface area contributed by atoms with Gasteiger partial charge in [-0.15, -0.1) is 0 Å². The van der Waals surface area contributed by atoms with Crippen LogP contribution in [0.4, 0.5) is 0 Å². The Labute approximate surface area is 101 Å². The second-order valence-corrected chi connectivity index (χ2v) is 4.46. The molecule has 0 aliphatic heterocycles. The van der Waals surface area contributed by atoms with Gasteiger partial charge in [-0.05, 0) is 25.8 Å². The fourth-order valence-electron chi connectivity index (χ4n) is 2.56. The van der Waals surface area contributed by atoms with Crippen molar-refractivity contribution in [3.8, 4) is 0 Å². The fraction of sp³-hybridized carbons (Fsp3) is 0.615. The summed E-state index contributed by atoms with van der Waals surface area (Å²) in [5.41, 5.74) is 0.280. The summed E-state index contributed by atoms with van der Waals surface area (Å²) in [5, 5.41) is 0. The number of rotatable bonds is 3. The highest BCUT2D eigenvalue weighted by Crippen LogP contribution is 2.39. The third-order valence-electron chi connectivity index (χ3n) is 3.45. The molecule has 2 rings (SSSR count). The monoisotopic (exact) mass is 234 g/mol. The minimum atomic E-state index is -0.531. The van der Waals surface area contributed by atoms with E-state index in [0.29, 0.717) is 6.61 Å². The highest BCUT2D eigenvalue weighted by Gasteiger charge is 2.43. The molecule has 0 amide bonds. The number of aromatic nitrogens is 2. The molecule has 0 saturated heterocycles. The van der Waals surface area contributed by atoms with E-state index in [-0.39, 0.29) is 5.97 Å². The normalized spacial score (nSPS) is 18.6. The zero-order valence-corrected chi connectivity index (χ0v) is 10.2. The number of nitrogens with zero attached hydrogens (tertiary/aromatic N) is 2. The first kappa shape index (κ1) is 12.0. The standard InChI is InChI=1S/C13H18N2O2/c1-2-17-12(16)13(7-4-3-5-8-13)11-6-9-14-10-15-11/h6,9-10H,2-5,7-8H2,1H3. The number of ether oxygens (including phenoxy) is 1. The molecule has 0 radical (unpaired) electrons. The van der Waals surface area contributed by atoms with E-state index in [0.717, 1.165) is 31.4 Å². The van der Waals surface area contributed by atoms with Gasteiger partial charge in [-0.2, -0.15) is 0 Å². The van der Waals surface area contributed by atoms with Crippen LogP contribution in [0.2, 0.25) is 0 Å². The number of esters is 1. The largest absolute Gasteiger partial charge is 0.465 e. The second-order valence-electron chi connectivity index (χ2n) is 4.46. The molecule has 0 N–H and O–H groups in total. The Balaban J connectivity index is 2.33. The van der Waals surface area contributed by atoms with Gasteiger partial charge in [0, 0.05) is 6.20 Å². The molecule has 1 aliphatic carbocycles. The first-order chi connectivity index (χ1) is 8.29. The maximum atomic E-state index is 12.2. The SMILES string of the molecule is CCOC(=O)C1(c2ccncn2)CCCCC1. The van der Waals surface area contributed by atoms with Gasteiger partial charge in [-0.3, -0.25) is 4.79 Å². The summed E-state index contributed by atoms with van der Waals surface area (Å²) >= 11 is 0. The third kappa shape index (κ3) is 2.30. The molecule has 0 aromatic carbocycles. The smallest absolute Gasteiger partial charge is 0.318 e. The Morgan fingerprint density at radius 2 is 2.18 bits per heavy atom. The van der Waals surface area contributed by atoms with E-state index in [2.05, 4.69) is 9.97 Å². The summed E-state index contributed by atoms with van der Waals surface area (Å²) in [4.78, 5) is 20.4. The average molecular weight is 234 g/mol. The summed E-state index contributed by atoms with van der Waals surface area (Å²) in [6.45, 7) is 2.26. The Morgan fingerprint density at radius 1 is 1.41 bits per heavy atom. The van der Waals surface area contributed by atoms with Gasteiger partial charge >= 0.3 is 5.97 Å². The Kier molecular flexibility index (Phi) is 3.71. The van der Waals surface area contributed by atoms with Gasteiger partial charge in [0.05, 0.1) is 12.3 Å². The summed E-state index contributed by atoms with van der Waals surface area (Å²) in [6.07, 6.45) is 8.17. The van der Waals surface area contributed by atoms with E-state index in [1.54, 1.807) is 6.20 Å². The molecule has 1 fully saturated rings. The molecule has 1 heterocycles. The first-order valence-corrected chi connectivity index (χ1v) is 6.23. The van der Waals surface area contributed by atoms with Crippen LogP contribution in [0.5, 0.6) is 0 Å². The topological polar surface area (TPSA) is 52.1 Å². The van der Waals surface area contributed by atoms with Crippen molar-refractivity contribution in [2.75, 3.05) is 6.61 Å². The minimum absolute atomic E-state index is 0.126. The van der Waals surface area contributed by atoms with Crippen molar-refractivity contribution in [2.45, 2.75) is 44.4 Å². The first-order valence-electron chi connectivity index (χ1n) is 6.23. The van der Waals surface area contributed by atoms with E-state index in [1.165, 1.54) is 12.7 Å². The maximum absolute atomic E-state index is 12.2. The van der Waals surface area contributed by atoms with Gasteiger partial charge in [0.1, 0.15) is 11.7 Å². The quantitative estimate of drug-likeness (QED) is 0.753. The van der Waals surface area contributed by atoms with Crippen molar-refractivity contribution in [1.82, 2.24) is 9.97 Å². The zero-order valence-electron chi connectivity index (χ0n) is 10.2. The van der Waals surface area contributed by atoms with Crippen LogP contribution >= 0.6 is 0 Å². The van der Waals surface area contributed by atoms with Crippen LogP contribution < -0.4 is 0 Å². The van der Waals surface area contributed by atoms with Gasteiger partial charge in [0.2, 0.25) is 0 Å². The molecule has 1 aromatic heterocycles. The van der Waals surface area contributed by atoms with Crippen LogP contribution in [0.15, 0.2) is 18.6 Å². The Hall–Kier alpha value is -1.45. The van der Waals surface area contributed by atoms with E-state index in [9.17, 15) is 4.79 Å². The summed E-state index contributed by atoms with van der Waals surface area (Å²) in [7, 11) is 0. The molecule has 0 unspecified atom stereocenters. The lowest BCUT2D eigenvalue weighted by Crippen LogP contribution is -2.40. The van der Waals surface area contributed by atoms with Crippen molar-refractivity contribution in [3.05, 3.63) is 24.3 Å². The third-order valence-corrected chi connectivity index (χ3v) is 3.45. The van der Waals surface area contributed by atoms with Gasteiger partial charge in [-0.1, -0.05) is 19.3 Å². The Bertz CT molecular complexity index is 372. The predicted molar refractivity (Wildman–Crippen MR) is 63.4 cm³/mol. The molecule has 1 saturated carbocycles. The molecule has 4 nitrogen and oxygen atoms in total. The average Bonchev–Trinajstić information content (AvgIpc) is 2.41. The maximum Gasteiger partial charge on any atom is 0.318 e. The van der Waals surface area contributed by atoms with Crippen LogP contribution in [-0.2, 0) is 14.9 Å². The van der Waals surface area contributed by atoms with Gasteiger partial charge in [0.25, 0.3) is 0 Å². The molecule has 1 aromatic rings. The molecular formula is C13H18N2O2. The second kappa shape index (κ2) is 5.25. The fourth-order valence-corrected chi connectivity index (χ4v) is 2.56. The number of hydrogen-bond donors (Lipinski definition) is 0. The predicted octanol–water partition coefficient (Wildman–Crippen LogP) is 2.24. The van der Waals surface area contributed by atoms with Crippen molar-refractivity contribution >= 4 is 5.97 Å². The van der Waals surface area contributed by atoms with Gasteiger partial charge < -0.3 is 4.74 Å². The van der Waals surface area contributed by atoms with Crippen LogP contribution in [0.3, 0.4) is 0 Å². The highest BCUT2D eigenvalue weighted by atomic mass is 16.5. The molecular weight excluding hydrogens is 216 g/mol. The van der Waals surface area contributed by atoms with Crippen LogP contribution in [-0.4, -0.2) is 22.5 Å². The Morgan fingerprint density at radius 3 is 2.76 bits per heavy atom.